The van der Waals surface area contributed by atoms with Crippen LogP contribution in [0.3, 0.4) is 0 Å². The van der Waals surface area contributed by atoms with Crippen molar-refractivity contribution in [2.75, 3.05) is 0 Å². The van der Waals surface area contributed by atoms with Gasteiger partial charge in [0.2, 0.25) is 6.36 Å². The maximum Gasteiger partial charge on any atom is 0.458 e. The molecule has 13 heteroatoms. The quantitative estimate of drug-likeness (QED) is 0.609. The second-order valence-electron chi connectivity index (χ2n) is 3.95. The molecular formula is C9H9F11O2. The fraction of sp³-hybridized carbons (Fsp3) is 1.00. The average Bonchev–Trinajstić information content (AvgIpc) is 2.24. The van der Waals surface area contributed by atoms with Crippen molar-refractivity contribution >= 4 is 0 Å². The normalized spacial score (nSPS) is 19.0. The van der Waals surface area contributed by atoms with Crippen LogP contribution >= 0.6 is 0 Å². The predicted molar refractivity (Wildman–Crippen MR) is 47.8 cm³/mol. The van der Waals surface area contributed by atoms with Crippen molar-refractivity contribution < 1.29 is 57.8 Å². The molecule has 0 amide bonds. The van der Waals surface area contributed by atoms with Gasteiger partial charge in [-0.3, -0.25) is 9.47 Å². The Hall–Kier alpha value is -0.850. The van der Waals surface area contributed by atoms with E-state index < -0.39 is 42.9 Å². The van der Waals surface area contributed by atoms with E-state index in [1.807, 2.05) is 0 Å². The molecule has 0 aliphatic carbocycles. The monoisotopic (exact) mass is 358 g/mol. The van der Waals surface area contributed by atoms with Crippen molar-refractivity contribution in [1.29, 1.82) is 0 Å². The molecule has 134 valence electrons. The Bertz CT molecular complexity index is 378. The molecule has 0 aromatic rings. The van der Waals surface area contributed by atoms with E-state index >= 15 is 0 Å². The highest BCUT2D eigenvalue weighted by Gasteiger charge is 2.79. The van der Waals surface area contributed by atoms with Crippen molar-refractivity contribution in [3.63, 3.8) is 0 Å². The summed E-state index contributed by atoms with van der Waals surface area (Å²) < 4.78 is 144. The van der Waals surface area contributed by atoms with Crippen molar-refractivity contribution in [1.82, 2.24) is 0 Å². The lowest BCUT2D eigenvalue weighted by molar-refractivity contribution is -0.524. The highest BCUT2D eigenvalue weighted by atomic mass is 19.4. The Balaban J connectivity index is 5.87. The molecule has 0 saturated heterocycles. The van der Waals surface area contributed by atoms with Crippen molar-refractivity contribution in [3.8, 4) is 0 Å². The number of ether oxygens (including phenoxy) is 2. The minimum absolute atomic E-state index is 0.0729. The van der Waals surface area contributed by atoms with Crippen LogP contribution in [-0.4, -0.2) is 36.5 Å². The van der Waals surface area contributed by atoms with Gasteiger partial charge in [0.1, 0.15) is 0 Å². The maximum absolute atomic E-state index is 13.4. The second kappa shape index (κ2) is 5.98. The molecule has 2 nitrogen and oxygen atoms in total. The van der Waals surface area contributed by atoms with Crippen LogP contribution in [0, 0.1) is 0 Å². The van der Waals surface area contributed by atoms with Gasteiger partial charge >= 0.3 is 30.2 Å². The lowest BCUT2D eigenvalue weighted by atomic mass is 10.2. The molecular weight excluding hydrogens is 349 g/mol. The summed E-state index contributed by atoms with van der Waals surface area (Å²) in [6.07, 6.45) is -24.7. The summed E-state index contributed by atoms with van der Waals surface area (Å²) >= 11 is 0. The zero-order valence-corrected chi connectivity index (χ0v) is 10.8. The van der Waals surface area contributed by atoms with Crippen LogP contribution < -0.4 is 0 Å². The first kappa shape index (κ1) is 21.1. The van der Waals surface area contributed by atoms with E-state index in [0.717, 1.165) is 0 Å². The highest BCUT2D eigenvalue weighted by molar-refractivity contribution is 4.90. The molecule has 0 heterocycles. The molecule has 0 N–H and O–H groups in total. The number of halogens is 11. The van der Waals surface area contributed by atoms with Crippen molar-refractivity contribution in [2.45, 2.75) is 56.8 Å². The molecule has 0 rings (SSSR count). The summed E-state index contributed by atoms with van der Waals surface area (Å²) in [7, 11) is 0. The summed E-state index contributed by atoms with van der Waals surface area (Å²) in [4.78, 5) is 0. The van der Waals surface area contributed by atoms with Crippen LogP contribution in [0.5, 0.6) is 0 Å². The summed E-state index contributed by atoms with van der Waals surface area (Å²) in [5.41, 5.74) is 0. The van der Waals surface area contributed by atoms with Gasteiger partial charge in [0.25, 0.3) is 0 Å². The van der Waals surface area contributed by atoms with Gasteiger partial charge in [-0.1, -0.05) is 6.92 Å². The average molecular weight is 358 g/mol. The molecule has 0 spiro atoms. The minimum atomic E-state index is -6.95. The maximum atomic E-state index is 13.4. The third-order valence-electron chi connectivity index (χ3n) is 2.19. The molecule has 2 atom stereocenters. The van der Waals surface area contributed by atoms with Crippen LogP contribution in [0.15, 0.2) is 0 Å². The number of rotatable bonds is 7. The second-order valence-corrected chi connectivity index (χ2v) is 3.95. The molecule has 0 aromatic heterocycles. The number of hydrogen-bond acceptors (Lipinski definition) is 2. The lowest BCUT2D eigenvalue weighted by Crippen LogP contribution is -2.63. The van der Waals surface area contributed by atoms with E-state index in [1.54, 1.807) is 0 Å². The van der Waals surface area contributed by atoms with Gasteiger partial charge < -0.3 is 0 Å². The number of hydrogen-bond donors (Lipinski definition) is 0. The van der Waals surface area contributed by atoms with Crippen LogP contribution in [-0.2, 0) is 9.47 Å². The van der Waals surface area contributed by atoms with Crippen molar-refractivity contribution in [2.24, 2.45) is 0 Å². The van der Waals surface area contributed by atoms with Gasteiger partial charge in [-0.2, -0.15) is 43.9 Å². The van der Waals surface area contributed by atoms with Gasteiger partial charge in [-0.25, -0.2) is 4.39 Å². The van der Waals surface area contributed by atoms with Gasteiger partial charge in [0.05, 0.1) is 0 Å². The van der Waals surface area contributed by atoms with E-state index in [1.165, 1.54) is 0 Å². The molecule has 0 radical (unpaired) electrons. The van der Waals surface area contributed by atoms with Gasteiger partial charge in [0.15, 0.2) is 0 Å². The van der Waals surface area contributed by atoms with Gasteiger partial charge in [-0.05, 0) is 6.92 Å². The summed E-state index contributed by atoms with van der Waals surface area (Å²) in [6, 6.07) is 0. The minimum Gasteiger partial charge on any atom is -0.281 e. The van der Waals surface area contributed by atoms with Crippen LogP contribution in [0.2, 0.25) is 0 Å². The topological polar surface area (TPSA) is 18.5 Å². The van der Waals surface area contributed by atoms with E-state index in [0.29, 0.717) is 6.92 Å². The lowest BCUT2D eigenvalue weighted by Gasteiger charge is -2.37. The van der Waals surface area contributed by atoms with Gasteiger partial charge in [0, 0.05) is 6.42 Å². The molecule has 0 saturated carbocycles. The molecule has 0 aliphatic rings. The Morgan fingerprint density at radius 3 is 1.50 bits per heavy atom. The van der Waals surface area contributed by atoms with E-state index in [-0.39, 0.29) is 6.92 Å². The standard InChI is InChI=1S/C9H9F11O2/c1-3-5(11,12)8(17,18)22-6(13,7(14,15)16)9(19,20)21-4(2)10/h4H,3H2,1-2H3. The molecule has 0 fully saturated rings. The van der Waals surface area contributed by atoms with Crippen LogP contribution in [0.4, 0.5) is 48.3 Å². The SMILES string of the molecule is CCC(F)(F)C(F)(F)OC(F)(C(F)(F)F)C(F)(F)OC(C)F. The smallest absolute Gasteiger partial charge is 0.281 e. The molecule has 0 bridgehead atoms. The third kappa shape index (κ3) is 3.91. The Kier molecular flexibility index (Phi) is 5.75. The number of alkyl halides is 11. The summed E-state index contributed by atoms with van der Waals surface area (Å²) in [5.74, 6) is -12.1. The summed E-state index contributed by atoms with van der Waals surface area (Å²) in [6.45, 7) is 0.423. The fourth-order valence-electron chi connectivity index (χ4n) is 1.02. The largest absolute Gasteiger partial charge is 0.458 e. The first-order valence-electron chi connectivity index (χ1n) is 5.34. The zero-order valence-electron chi connectivity index (χ0n) is 10.8. The van der Waals surface area contributed by atoms with E-state index in [4.69, 9.17) is 0 Å². The molecule has 0 aromatic carbocycles. The highest BCUT2D eigenvalue weighted by Crippen LogP contribution is 2.52. The van der Waals surface area contributed by atoms with Crippen LogP contribution in [0.25, 0.3) is 0 Å². The van der Waals surface area contributed by atoms with Crippen molar-refractivity contribution in [3.05, 3.63) is 0 Å². The van der Waals surface area contributed by atoms with E-state index in [9.17, 15) is 48.3 Å². The molecule has 0 aliphatic heterocycles. The third-order valence-corrected chi connectivity index (χ3v) is 2.19. The predicted octanol–water partition coefficient (Wildman–Crippen LogP) is 4.79. The van der Waals surface area contributed by atoms with Crippen LogP contribution in [0.1, 0.15) is 20.3 Å². The first-order chi connectivity index (χ1) is 9.43. The Morgan fingerprint density at radius 2 is 1.23 bits per heavy atom. The summed E-state index contributed by atoms with van der Waals surface area (Å²) in [5, 5.41) is 0. The first-order valence-corrected chi connectivity index (χ1v) is 5.34. The molecule has 22 heavy (non-hydrogen) atoms. The Morgan fingerprint density at radius 1 is 0.818 bits per heavy atom. The van der Waals surface area contributed by atoms with E-state index in [2.05, 4.69) is 9.47 Å². The Labute approximate surface area is 116 Å². The fourth-order valence-corrected chi connectivity index (χ4v) is 1.02. The molecule has 2 unspecified atom stereocenters. The zero-order chi connectivity index (χ0) is 18.2. The van der Waals surface area contributed by atoms with Gasteiger partial charge in [-0.15, -0.1) is 0 Å².